The lowest BCUT2D eigenvalue weighted by molar-refractivity contribution is -0.122. The van der Waals surface area contributed by atoms with Crippen molar-refractivity contribution in [1.29, 1.82) is 0 Å². The van der Waals surface area contributed by atoms with Gasteiger partial charge in [0.1, 0.15) is 0 Å². The van der Waals surface area contributed by atoms with E-state index in [1.165, 1.54) is 135 Å². The van der Waals surface area contributed by atoms with Crippen LogP contribution in [0.5, 0.6) is 0 Å². The first-order chi connectivity index (χ1) is 19.2. The highest BCUT2D eigenvalue weighted by Gasteiger charge is 2.10. The fourth-order valence-electron chi connectivity index (χ4n) is 5.21. The Bertz CT molecular complexity index is 542. The minimum absolute atomic E-state index is 0.0613. The minimum Gasteiger partial charge on any atom is -0.394 e. The summed E-state index contributed by atoms with van der Waals surface area (Å²) in [6.07, 6.45) is 42.9. The van der Waals surface area contributed by atoms with E-state index in [1.807, 2.05) is 0 Å². The van der Waals surface area contributed by atoms with Crippen LogP contribution in [0.3, 0.4) is 0 Å². The summed E-state index contributed by atoms with van der Waals surface area (Å²) >= 11 is 0. The summed E-state index contributed by atoms with van der Waals surface area (Å²) in [6, 6.07) is -0.0630. The van der Waals surface area contributed by atoms with E-state index in [2.05, 4.69) is 43.5 Å². The highest BCUT2D eigenvalue weighted by molar-refractivity contribution is 5.76. The number of hydrogen-bond acceptors (Lipinski definition) is 2. The third kappa shape index (κ3) is 31.3. The molecule has 0 aliphatic rings. The van der Waals surface area contributed by atoms with E-state index in [0.29, 0.717) is 6.42 Å². The zero-order valence-electron chi connectivity index (χ0n) is 26.5. The maximum absolute atomic E-state index is 12.3. The lowest BCUT2D eigenvalue weighted by Crippen LogP contribution is -2.37. The smallest absolute Gasteiger partial charge is 0.220 e. The van der Waals surface area contributed by atoms with Gasteiger partial charge in [-0.3, -0.25) is 4.79 Å². The Morgan fingerprint density at radius 3 is 1.41 bits per heavy atom. The van der Waals surface area contributed by atoms with Gasteiger partial charge in [0.2, 0.25) is 5.91 Å². The quantitative estimate of drug-likeness (QED) is 0.0669. The molecule has 0 spiro atoms. The first-order valence-electron chi connectivity index (χ1n) is 17.5. The second-order valence-corrected chi connectivity index (χ2v) is 11.8. The van der Waals surface area contributed by atoms with Gasteiger partial charge in [-0.1, -0.05) is 167 Å². The largest absolute Gasteiger partial charge is 0.394 e. The van der Waals surface area contributed by atoms with E-state index >= 15 is 0 Å². The number of carbonyl (C=O) groups is 1. The molecule has 0 aromatic heterocycles. The monoisotopic (exact) mass is 548 g/mol. The van der Waals surface area contributed by atoms with E-state index in [-0.39, 0.29) is 18.6 Å². The van der Waals surface area contributed by atoms with Crippen molar-refractivity contribution in [3.63, 3.8) is 0 Å². The van der Waals surface area contributed by atoms with Gasteiger partial charge in [-0.05, 0) is 38.5 Å². The van der Waals surface area contributed by atoms with Crippen LogP contribution < -0.4 is 5.32 Å². The van der Waals surface area contributed by atoms with Crippen molar-refractivity contribution in [3.8, 4) is 0 Å². The molecule has 0 rings (SSSR count). The van der Waals surface area contributed by atoms with Crippen molar-refractivity contribution >= 4 is 5.91 Å². The second-order valence-electron chi connectivity index (χ2n) is 11.8. The molecular weight excluding hydrogens is 478 g/mol. The second kappa shape index (κ2) is 33.1. The molecule has 0 fully saturated rings. The van der Waals surface area contributed by atoms with Crippen LogP contribution >= 0.6 is 0 Å². The molecule has 230 valence electrons. The summed E-state index contributed by atoms with van der Waals surface area (Å²) in [4.78, 5) is 12.3. The first kappa shape index (κ1) is 37.9. The van der Waals surface area contributed by atoms with Crippen molar-refractivity contribution in [2.45, 2.75) is 193 Å². The summed E-state index contributed by atoms with van der Waals surface area (Å²) in [5.41, 5.74) is 0. The number of allylic oxidation sites excluding steroid dienone is 4. The van der Waals surface area contributed by atoms with Gasteiger partial charge in [-0.25, -0.2) is 0 Å². The standard InChI is InChI=1S/C36H69NO2/c1-3-5-7-9-11-13-15-17-19-21-23-25-27-29-31-33-36(39)37-35(34-38)32-30-28-26-24-22-20-18-16-14-12-10-8-6-4-2/h13,15,17,19,35,38H,3-12,14,16,18,20-34H2,1-2H3,(H,37,39)/b15-13+,19-17+. The average Bonchev–Trinajstić information content (AvgIpc) is 2.94. The number of hydrogen-bond donors (Lipinski definition) is 2. The van der Waals surface area contributed by atoms with Crippen LogP contribution in [0, 0.1) is 0 Å². The molecule has 1 amide bonds. The van der Waals surface area contributed by atoms with Gasteiger partial charge in [0.25, 0.3) is 0 Å². The maximum atomic E-state index is 12.3. The number of aliphatic hydroxyl groups excluding tert-OH is 1. The van der Waals surface area contributed by atoms with Crippen LogP contribution in [0.1, 0.15) is 187 Å². The fourth-order valence-corrected chi connectivity index (χ4v) is 5.21. The van der Waals surface area contributed by atoms with E-state index in [9.17, 15) is 9.90 Å². The number of carbonyl (C=O) groups excluding carboxylic acids is 1. The predicted octanol–water partition coefficient (Wildman–Crippen LogP) is 11.1. The molecule has 0 aromatic rings. The summed E-state index contributed by atoms with van der Waals surface area (Å²) in [7, 11) is 0. The number of amides is 1. The average molecular weight is 548 g/mol. The van der Waals surface area contributed by atoms with E-state index < -0.39 is 0 Å². The summed E-state index contributed by atoms with van der Waals surface area (Å²) in [5, 5.41) is 12.7. The van der Waals surface area contributed by atoms with Crippen molar-refractivity contribution in [2.75, 3.05) is 6.61 Å². The molecule has 2 N–H and O–H groups in total. The fraction of sp³-hybridized carbons (Fsp3) is 0.861. The molecule has 1 atom stereocenters. The molecule has 39 heavy (non-hydrogen) atoms. The third-order valence-electron chi connectivity index (χ3n) is 7.87. The molecule has 3 heteroatoms. The van der Waals surface area contributed by atoms with Crippen LogP contribution in [0.25, 0.3) is 0 Å². The molecular formula is C36H69NO2. The number of rotatable bonds is 31. The summed E-state index contributed by atoms with van der Waals surface area (Å²) in [5.74, 6) is 0.115. The van der Waals surface area contributed by atoms with Gasteiger partial charge in [-0.15, -0.1) is 0 Å². The van der Waals surface area contributed by atoms with Crippen LogP contribution in [-0.4, -0.2) is 23.7 Å². The molecule has 0 saturated carbocycles. The van der Waals surface area contributed by atoms with Gasteiger partial charge in [0, 0.05) is 6.42 Å². The van der Waals surface area contributed by atoms with E-state index in [4.69, 9.17) is 0 Å². The molecule has 0 aliphatic heterocycles. The Morgan fingerprint density at radius 2 is 0.949 bits per heavy atom. The third-order valence-corrected chi connectivity index (χ3v) is 7.87. The van der Waals surface area contributed by atoms with Crippen molar-refractivity contribution in [3.05, 3.63) is 24.3 Å². The van der Waals surface area contributed by atoms with Gasteiger partial charge in [0.05, 0.1) is 12.6 Å². The normalized spacial score (nSPS) is 12.6. The number of aliphatic hydroxyl groups is 1. The molecule has 3 nitrogen and oxygen atoms in total. The lowest BCUT2D eigenvalue weighted by atomic mass is 10.0. The Kier molecular flexibility index (Phi) is 32.2. The van der Waals surface area contributed by atoms with Crippen molar-refractivity contribution < 1.29 is 9.90 Å². The Morgan fingerprint density at radius 1 is 0.564 bits per heavy atom. The molecule has 0 saturated heterocycles. The lowest BCUT2D eigenvalue weighted by Gasteiger charge is -2.16. The van der Waals surface area contributed by atoms with Gasteiger partial charge in [-0.2, -0.15) is 0 Å². The van der Waals surface area contributed by atoms with E-state index in [1.54, 1.807) is 0 Å². The number of unbranched alkanes of at least 4 members (excludes halogenated alkanes) is 22. The highest BCUT2D eigenvalue weighted by Crippen LogP contribution is 2.14. The predicted molar refractivity (Wildman–Crippen MR) is 173 cm³/mol. The molecule has 0 radical (unpaired) electrons. The highest BCUT2D eigenvalue weighted by atomic mass is 16.3. The zero-order valence-corrected chi connectivity index (χ0v) is 26.5. The van der Waals surface area contributed by atoms with E-state index in [0.717, 1.165) is 32.1 Å². The van der Waals surface area contributed by atoms with Crippen LogP contribution in [0.2, 0.25) is 0 Å². The van der Waals surface area contributed by atoms with Crippen molar-refractivity contribution in [2.24, 2.45) is 0 Å². The Labute approximate surface area is 245 Å². The first-order valence-corrected chi connectivity index (χ1v) is 17.5. The minimum atomic E-state index is -0.0630. The van der Waals surface area contributed by atoms with Gasteiger partial charge < -0.3 is 10.4 Å². The molecule has 0 bridgehead atoms. The maximum Gasteiger partial charge on any atom is 0.220 e. The topological polar surface area (TPSA) is 49.3 Å². The SMILES string of the molecule is CCCCCC/C=C/C=C/CCCCCCCC(=O)NC(CO)CCCCCCCCCCCCCCCC. The zero-order chi connectivity index (χ0) is 28.5. The summed E-state index contributed by atoms with van der Waals surface area (Å²) < 4.78 is 0. The molecule has 0 aliphatic carbocycles. The van der Waals surface area contributed by atoms with Crippen molar-refractivity contribution in [1.82, 2.24) is 5.32 Å². The van der Waals surface area contributed by atoms with Gasteiger partial charge >= 0.3 is 0 Å². The van der Waals surface area contributed by atoms with Gasteiger partial charge in [0.15, 0.2) is 0 Å². The van der Waals surface area contributed by atoms with Crippen LogP contribution in [0.4, 0.5) is 0 Å². The molecule has 1 unspecified atom stereocenters. The summed E-state index contributed by atoms with van der Waals surface area (Å²) in [6.45, 7) is 4.60. The number of nitrogens with one attached hydrogen (secondary N) is 1. The van der Waals surface area contributed by atoms with Crippen LogP contribution in [0.15, 0.2) is 24.3 Å². The Hall–Kier alpha value is -1.09. The molecule has 0 heterocycles. The Balaban J connectivity index is 3.48. The van der Waals surface area contributed by atoms with Crippen LogP contribution in [-0.2, 0) is 4.79 Å². The molecule has 0 aromatic carbocycles.